The molecule has 2 heterocycles. The Kier molecular flexibility index (Phi) is 5.09. The molecule has 0 N–H and O–H groups in total. The number of alkyl halides is 3. The number of carbonyl (C=O) groups excluding carboxylic acids is 1. The Hall–Kier alpha value is -3.34. The molecule has 1 aromatic carbocycles. The fourth-order valence-corrected chi connectivity index (χ4v) is 2.62. The highest BCUT2D eigenvalue weighted by atomic mass is 35.5. The summed E-state index contributed by atoms with van der Waals surface area (Å²) < 4.78 is 63.3. The molecule has 3 rings (SSSR count). The number of esters is 1. The van der Waals surface area contributed by atoms with Gasteiger partial charge in [0.1, 0.15) is 11.5 Å². The van der Waals surface area contributed by atoms with Gasteiger partial charge in [0.15, 0.2) is 5.75 Å². The lowest BCUT2D eigenvalue weighted by Crippen LogP contribution is -2.41. The van der Waals surface area contributed by atoms with Gasteiger partial charge in [-0.05, 0) is 18.2 Å². The lowest BCUT2D eigenvalue weighted by atomic mass is 10.2. The third-order valence-electron chi connectivity index (χ3n) is 3.78. The normalized spacial score (nSPS) is 11.5. The second-order valence-electron chi connectivity index (χ2n) is 5.64. The molecule has 0 radical (unpaired) electrons. The van der Waals surface area contributed by atoms with Crippen molar-refractivity contribution in [3.05, 3.63) is 79.7 Å². The highest BCUT2D eigenvalue weighted by molar-refractivity contribution is 6.32. The standard InChI is InChI=1S/C17H9ClF4N2O5/c1-23-13(17(20,21)22)7-14(25)24(16(23)27)10-6-12(8(18)5-9(10)19)29-15(26)11-3-2-4-28-11/h2-7H,1H3. The van der Waals surface area contributed by atoms with E-state index in [1.54, 1.807) is 0 Å². The van der Waals surface area contributed by atoms with Crippen LogP contribution in [0.4, 0.5) is 17.6 Å². The minimum absolute atomic E-state index is 0.143. The van der Waals surface area contributed by atoms with E-state index in [1.165, 1.54) is 18.4 Å². The molecule has 152 valence electrons. The summed E-state index contributed by atoms with van der Waals surface area (Å²) in [5.41, 5.74) is -5.17. The van der Waals surface area contributed by atoms with Crippen molar-refractivity contribution in [1.82, 2.24) is 9.13 Å². The predicted octanol–water partition coefficient (Wildman–Crippen LogP) is 3.16. The Morgan fingerprint density at radius 2 is 1.90 bits per heavy atom. The molecule has 0 aliphatic heterocycles. The average Bonchev–Trinajstić information content (AvgIpc) is 3.15. The number of rotatable bonds is 3. The molecule has 29 heavy (non-hydrogen) atoms. The van der Waals surface area contributed by atoms with Crippen molar-refractivity contribution in [3.8, 4) is 11.4 Å². The summed E-state index contributed by atoms with van der Waals surface area (Å²) >= 11 is 5.82. The zero-order valence-electron chi connectivity index (χ0n) is 14.3. The van der Waals surface area contributed by atoms with E-state index in [0.29, 0.717) is 6.07 Å². The highest BCUT2D eigenvalue weighted by Gasteiger charge is 2.35. The van der Waals surface area contributed by atoms with Crippen molar-refractivity contribution >= 4 is 17.6 Å². The van der Waals surface area contributed by atoms with E-state index in [2.05, 4.69) is 0 Å². The molecule has 0 unspecified atom stereocenters. The van der Waals surface area contributed by atoms with Gasteiger partial charge < -0.3 is 9.15 Å². The Morgan fingerprint density at radius 1 is 1.21 bits per heavy atom. The maximum absolute atomic E-state index is 14.4. The third-order valence-corrected chi connectivity index (χ3v) is 4.07. The first-order valence-corrected chi connectivity index (χ1v) is 8.04. The van der Waals surface area contributed by atoms with Crippen LogP contribution in [0.3, 0.4) is 0 Å². The average molecular weight is 433 g/mol. The van der Waals surface area contributed by atoms with Gasteiger partial charge in [0.2, 0.25) is 5.76 Å². The number of furan rings is 1. The fraction of sp³-hybridized carbons (Fsp3) is 0.118. The summed E-state index contributed by atoms with van der Waals surface area (Å²) in [6.45, 7) is 0. The maximum atomic E-state index is 14.4. The van der Waals surface area contributed by atoms with Crippen molar-refractivity contribution in [2.45, 2.75) is 6.18 Å². The summed E-state index contributed by atoms with van der Waals surface area (Å²) in [4.78, 5) is 36.4. The molecule has 0 fully saturated rings. The molecule has 2 aromatic heterocycles. The van der Waals surface area contributed by atoms with Gasteiger partial charge in [-0.3, -0.25) is 9.36 Å². The zero-order valence-corrected chi connectivity index (χ0v) is 15.0. The molecule has 0 aliphatic carbocycles. The second-order valence-corrected chi connectivity index (χ2v) is 6.05. The molecular weight excluding hydrogens is 424 g/mol. The fourth-order valence-electron chi connectivity index (χ4n) is 2.43. The number of benzene rings is 1. The molecule has 0 atom stereocenters. The van der Waals surface area contributed by atoms with Crippen molar-refractivity contribution in [2.24, 2.45) is 7.05 Å². The van der Waals surface area contributed by atoms with E-state index >= 15 is 0 Å². The summed E-state index contributed by atoms with van der Waals surface area (Å²) in [6.07, 6.45) is -3.78. The van der Waals surface area contributed by atoms with E-state index in [9.17, 15) is 31.9 Å². The molecule has 0 saturated carbocycles. The summed E-state index contributed by atoms with van der Waals surface area (Å²) in [5, 5.41) is -0.386. The first-order valence-electron chi connectivity index (χ1n) is 7.66. The maximum Gasteiger partial charge on any atom is 0.431 e. The SMILES string of the molecule is Cn1c(C(F)(F)F)cc(=O)n(-c2cc(OC(=O)c3ccco3)c(Cl)cc2F)c1=O. The quantitative estimate of drug-likeness (QED) is 0.361. The molecule has 0 aliphatic rings. The van der Waals surface area contributed by atoms with E-state index in [0.717, 1.165) is 13.1 Å². The van der Waals surface area contributed by atoms with E-state index < -0.39 is 46.3 Å². The smallest absolute Gasteiger partial charge is 0.431 e. The van der Waals surface area contributed by atoms with Gasteiger partial charge in [-0.1, -0.05) is 11.6 Å². The molecule has 3 aromatic rings. The molecule has 0 saturated heterocycles. The second kappa shape index (κ2) is 7.24. The molecule has 0 spiro atoms. The van der Waals surface area contributed by atoms with Gasteiger partial charge in [0.05, 0.1) is 17.0 Å². The lowest BCUT2D eigenvalue weighted by molar-refractivity contribution is -0.144. The van der Waals surface area contributed by atoms with Gasteiger partial charge >= 0.3 is 17.8 Å². The predicted molar refractivity (Wildman–Crippen MR) is 90.9 cm³/mol. The first kappa shape index (κ1) is 20.4. The topological polar surface area (TPSA) is 83.4 Å². The monoisotopic (exact) mass is 432 g/mol. The number of carbonyl (C=O) groups is 1. The van der Waals surface area contributed by atoms with Gasteiger partial charge in [0.25, 0.3) is 5.56 Å². The van der Waals surface area contributed by atoms with Crippen molar-refractivity contribution in [1.29, 1.82) is 0 Å². The Morgan fingerprint density at radius 3 is 2.48 bits per heavy atom. The Balaban J connectivity index is 2.15. The molecular formula is C17H9ClF4N2O5. The Bertz CT molecular complexity index is 1210. The van der Waals surface area contributed by atoms with Crippen molar-refractivity contribution < 1.29 is 31.5 Å². The largest absolute Gasteiger partial charge is 0.457 e. The molecule has 0 amide bonds. The van der Waals surface area contributed by atoms with Crippen LogP contribution in [0.25, 0.3) is 5.69 Å². The van der Waals surface area contributed by atoms with Gasteiger partial charge in [-0.25, -0.2) is 18.5 Å². The van der Waals surface area contributed by atoms with Gasteiger partial charge in [-0.15, -0.1) is 0 Å². The summed E-state index contributed by atoms with van der Waals surface area (Å²) in [5.74, 6) is -2.87. The van der Waals surface area contributed by atoms with Gasteiger partial charge in [0, 0.05) is 19.2 Å². The number of ether oxygens (including phenoxy) is 1. The van der Waals surface area contributed by atoms with Crippen LogP contribution in [0.15, 0.2) is 50.6 Å². The van der Waals surface area contributed by atoms with Crippen LogP contribution < -0.4 is 16.0 Å². The van der Waals surface area contributed by atoms with E-state index in [4.69, 9.17) is 20.8 Å². The van der Waals surface area contributed by atoms with Crippen LogP contribution in [0.2, 0.25) is 5.02 Å². The first-order chi connectivity index (χ1) is 13.5. The van der Waals surface area contributed by atoms with Crippen molar-refractivity contribution in [3.63, 3.8) is 0 Å². The molecule has 0 bridgehead atoms. The molecule has 7 nitrogen and oxygen atoms in total. The third kappa shape index (κ3) is 3.81. The number of halogens is 5. The van der Waals surface area contributed by atoms with Crippen molar-refractivity contribution in [2.75, 3.05) is 0 Å². The molecule has 12 heteroatoms. The van der Waals surface area contributed by atoms with E-state index in [-0.39, 0.29) is 26.0 Å². The van der Waals surface area contributed by atoms with Crippen LogP contribution >= 0.6 is 11.6 Å². The summed E-state index contributed by atoms with van der Waals surface area (Å²) in [7, 11) is 0.771. The number of hydrogen-bond donors (Lipinski definition) is 0. The van der Waals surface area contributed by atoms with Crippen LogP contribution in [0.5, 0.6) is 5.75 Å². The van der Waals surface area contributed by atoms with Gasteiger partial charge in [-0.2, -0.15) is 13.2 Å². The zero-order chi connectivity index (χ0) is 21.5. The van der Waals surface area contributed by atoms with E-state index in [1.807, 2.05) is 0 Å². The lowest BCUT2D eigenvalue weighted by Gasteiger charge is -2.15. The highest BCUT2D eigenvalue weighted by Crippen LogP contribution is 2.30. The van der Waals surface area contributed by atoms with Crippen LogP contribution in [-0.2, 0) is 13.2 Å². The van der Waals surface area contributed by atoms with Crippen LogP contribution in [-0.4, -0.2) is 15.1 Å². The minimum atomic E-state index is -4.98. The summed E-state index contributed by atoms with van der Waals surface area (Å²) in [6, 6.07) is 4.21. The minimum Gasteiger partial charge on any atom is -0.457 e. The van der Waals surface area contributed by atoms with Crippen LogP contribution in [0, 0.1) is 5.82 Å². The Labute approximate surface area is 163 Å². The number of hydrogen-bond acceptors (Lipinski definition) is 5. The number of aromatic nitrogens is 2. The number of nitrogens with zero attached hydrogens (tertiary/aromatic N) is 2. The van der Waals surface area contributed by atoms with Crippen LogP contribution in [0.1, 0.15) is 16.2 Å².